The van der Waals surface area contributed by atoms with E-state index in [-0.39, 0.29) is 5.83 Å². The van der Waals surface area contributed by atoms with Crippen LogP contribution in [0.5, 0.6) is 0 Å². The van der Waals surface area contributed by atoms with Crippen molar-refractivity contribution in [2.45, 2.75) is 13.3 Å². The smallest absolute Gasteiger partial charge is 0.137 e. The predicted octanol–water partition coefficient (Wildman–Crippen LogP) is 0.435. The Kier molecular flexibility index (Phi) is 1.53. The van der Waals surface area contributed by atoms with Gasteiger partial charge in [0.25, 0.3) is 0 Å². The molecule has 0 amide bonds. The van der Waals surface area contributed by atoms with Gasteiger partial charge in [0.1, 0.15) is 11.3 Å². The molecule has 2 heterocycles. The zero-order valence-electron chi connectivity index (χ0n) is 7.26. The molecule has 0 saturated heterocycles. The van der Waals surface area contributed by atoms with Crippen LogP contribution in [0.15, 0.2) is 11.1 Å². The van der Waals surface area contributed by atoms with E-state index in [1.54, 1.807) is 0 Å². The third-order valence-electron chi connectivity index (χ3n) is 2.33. The number of aryl methyl sites for hydroxylation is 1. The van der Waals surface area contributed by atoms with Crippen molar-refractivity contribution in [2.75, 3.05) is 6.54 Å². The maximum absolute atomic E-state index is 13.2. The second-order valence-electron chi connectivity index (χ2n) is 3.12. The first-order chi connectivity index (χ1) is 5.70. The van der Waals surface area contributed by atoms with Crippen LogP contribution in [-0.4, -0.2) is 11.1 Å². The van der Waals surface area contributed by atoms with Crippen LogP contribution in [0.4, 0.5) is 4.39 Å². The lowest BCUT2D eigenvalue weighted by Crippen LogP contribution is -2.32. The van der Waals surface area contributed by atoms with Crippen molar-refractivity contribution >= 4 is 5.83 Å². The highest BCUT2D eigenvalue weighted by molar-refractivity contribution is 5.37. The molecule has 0 atom stereocenters. The number of rotatable bonds is 0. The Balaban J connectivity index is 2.94. The van der Waals surface area contributed by atoms with Crippen molar-refractivity contribution < 1.29 is 4.39 Å². The van der Waals surface area contributed by atoms with Crippen molar-refractivity contribution in [1.82, 2.24) is 4.57 Å². The summed E-state index contributed by atoms with van der Waals surface area (Å²) in [6.45, 7) is 2.54. The molecule has 0 bridgehead atoms. The number of halogens is 1. The van der Waals surface area contributed by atoms with Crippen molar-refractivity contribution in [1.29, 1.82) is 0 Å². The van der Waals surface area contributed by atoms with Crippen molar-refractivity contribution in [3.63, 3.8) is 0 Å². The van der Waals surface area contributed by atoms with Crippen molar-refractivity contribution in [3.8, 4) is 0 Å². The monoisotopic (exact) mass is 166 g/mol. The van der Waals surface area contributed by atoms with Crippen LogP contribution in [0.2, 0.25) is 0 Å². The van der Waals surface area contributed by atoms with E-state index in [2.05, 4.69) is 4.99 Å². The van der Waals surface area contributed by atoms with Crippen LogP contribution in [0.3, 0.4) is 0 Å². The third kappa shape index (κ3) is 0.891. The molecule has 0 saturated carbocycles. The summed E-state index contributed by atoms with van der Waals surface area (Å²) in [7, 11) is 1.91. The third-order valence-corrected chi connectivity index (χ3v) is 2.33. The molecule has 1 aromatic heterocycles. The molecule has 12 heavy (non-hydrogen) atoms. The fraction of sp³-hybridized carbons (Fsp3) is 0.444. The molecule has 2 nitrogen and oxygen atoms in total. The Morgan fingerprint density at radius 3 is 3.00 bits per heavy atom. The van der Waals surface area contributed by atoms with Crippen LogP contribution in [0.1, 0.15) is 12.1 Å². The zero-order chi connectivity index (χ0) is 8.72. The molecule has 0 radical (unpaired) electrons. The molecule has 1 aliphatic heterocycles. The van der Waals surface area contributed by atoms with E-state index in [9.17, 15) is 4.39 Å². The number of aromatic nitrogens is 1. The fourth-order valence-corrected chi connectivity index (χ4v) is 1.50. The van der Waals surface area contributed by atoms with E-state index in [0.717, 1.165) is 11.2 Å². The average molecular weight is 166 g/mol. The largest absolute Gasteiger partial charge is 0.333 e. The number of fused-ring (bicyclic) bond motifs is 1. The van der Waals surface area contributed by atoms with Crippen LogP contribution in [-0.2, 0) is 7.05 Å². The van der Waals surface area contributed by atoms with Gasteiger partial charge in [0.05, 0.1) is 5.22 Å². The molecule has 1 aliphatic rings. The molecule has 0 spiro atoms. The van der Waals surface area contributed by atoms with Gasteiger partial charge < -0.3 is 4.57 Å². The van der Waals surface area contributed by atoms with E-state index in [4.69, 9.17) is 0 Å². The molecule has 0 aliphatic carbocycles. The highest BCUT2D eigenvalue weighted by Gasteiger charge is 2.08. The Hall–Kier alpha value is -1.12. The zero-order valence-corrected chi connectivity index (χ0v) is 7.26. The van der Waals surface area contributed by atoms with Gasteiger partial charge in [-0.1, -0.05) is 0 Å². The first kappa shape index (κ1) is 7.53. The summed E-state index contributed by atoms with van der Waals surface area (Å²) < 4.78 is 15.1. The summed E-state index contributed by atoms with van der Waals surface area (Å²) in [5, 5.41) is 0.682. The quantitative estimate of drug-likeness (QED) is 0.532. The van der Waals surface area contributed by atoms with E-state index < -0.39 is 0 Å². The van der Waals surface area contributed by atoms with Crippen LogP contribution in [0.25, 0.3) is 5.83 Å². The molecule has 0 aromatic carbocycles. The summed E-state index contributed by atoms with van der Waals surface area (Å²) in [6, 6.07) is 1.85. The van der Waals surface area contributed by atoms with Gasteiger partial charge in [-0.2, -0.15) is 0 Å². The Morgan fingerprint density at radius 2 is 2.33 bits per heavy atom. The maximum atomic E-state index is 13.2. The Morgan fingerprint density at radius 1 is 1.58 bits per heavy atom. The molecule has 1 aromatic rings. The molecule has 3 heteroatoms. The molecule has 64 valence electrons. The van der Waals surface area contributed by atoms with Crippen LogP contribution < -0.4 is 10.7 Å². The van der Waals surface area contributed by atoms with E-state index in [1.807, 2.05) is 24.6 Å². The van der Waals surface area contributed by atoms with Crippen molar-refractivity contribution in [3.05, 3.63) is 22.5 Å². The van der Waals surface area contributed by atoms with Crippen LogP contribution in [0, 0.1) is 6.92 Å². The average Bonchev–Trinajstić information content (AvgIpc) is 2.32. The fourth-order valence-electron chi connectivity index (χ4n) is 1.50. The normalized spacial score (nSPS) is 15.8. The number of hydrogen-bond acceptors (Lipinski definition) is 1. The second-order valence-corrected chi connectivity index (χ2v) is 3.12. The molecule has 0 fully saturated rings. The highest BCUT2D eigenvalue weighted by atomic mass is 19.1. The van der Waals surface area contributed by atoms with Crippen molar-refractivity contribution in [2.24, 2.45) is 12.0 Å². The van der Waals surface area contributed by atoms with Gasteiger partial charge in [-0.15, -0.1) is 0 Å². The highest BCUT2D eigenvalue weighted by Crippen LogP contribution is 2.04. The number of nitrogens with zero attached hydrogens (tertiary/aromatic N) is 2. The van der Waals surface area contributed by atoms with Gasteiger partial charge in [0, 0.05) is 25.7 Å². The van der Waals surface area contributed by atoms with Gasteiger partial charge in [-0.25, -0.2) is 4.39 Å². The van der Waals surface area contributed by atoms with Gasteiger partial charge in [-0.3, -0.25) is 4.99 Å². The summed E-state index contributed by atoms with van der Waals surface area (Å²) in [4.78, 5) is 4.27. The van der Waals surface area contributed by atoms with Gasteiger partial charge >= 0.3 is 0 Å². The summed E-state index contributed by atoms with van der Waals surface area (Å²) in [5.41, 5.74) is 1.84. The summed E-state index contributed by atoms with van der Waals surface area (Å²) in [5.74, 6) is -0.0244. The Labute approximate surface area is 70.0 Å². The predicted molar refractivity (Wildman–Crippen MR) is 44.9 cm³/mol. The minimum absolute atomic E-state index is 0.0244. The second kappa shape index (κ2) is 2.44. The van der Waals surface area contributed by atoms with E-state index in [0.29, 0.717) is 18.2 Å². The lowest BCUT2D eigenvalue weighted by atomic mass is 10.2. The SMILES string of the molecule is Cc1cc2c(n1C)=NCCC=2F. The van der Waals surface area contributed by atoms with Gasteiger partial charge in [0.2, 0.25) is 0 Å². The first-order valence-corrected chi connectivity index (χ1v) is 4.05. The van der Waals surface area contributed by atoms with Gasteiger partial charge in [0.15, 0.2) is 0 Å². The summed E-state index contributed by atoms with van der Waals surface area (Å²) >= 11 is 0. The Bertz CT molecular complexity index is 428. The molecule has 0 unspecified atom stereocenters. The summed E-state index contributed by atoms with van der Waals surface area (Å²) in [6.07, 6.45) is 0.455. The minimum Gasteiger partial charge on any atom is -0.333 e. The number of hydrogen-bond donors (Lipinski definition) is 0. The minimum atomic E-state index is -0.0244. The lowest BCUT2D eigenvalue weighted by molar-refractivity contribution is 0.670. The standard InChI is InChI=1S/C9H11FN2/c1-6-5-7-8(10)3-4-11-9(7)12(6)2/h5H,3-4H2,1-2H3. The van der Waals surface area contributed by atoms with E-state index >= 15 is 0 Å². The van der Waals surface area contributed by atoms with Gasteiger partial charge in [-0.05, 0) is 13.0 Å². The molecule has 0 N–H and O–H groups in total. The topological polar surface area (TPSA) is 17.3 Å². The van der Waals surface area contributed by atoms with Crippen LogP contribution >= 0.6 is 0 Å². The molecular formula is C9H11FN2. The molecule has 2 rings (SSSR count). The molecular weight excluding hydrogens is 155 g/mol. The lowest BCUT2D eigenvalue weighted by Gasteiger charge is -2.00. The first-order valence-electron chi connectivity index (χ1n) is 4.05. The maximum Gasteiger partial charge on any atom is 0.137 e. The van der Waals surface area contributed by atoms with E-state index in [1.165, 1.54) is 0 Å².